The standard InChI is InChI=1S/C26H34N2O2/c1-29-24-10-8-23(9-11-24)28-16-14-27(15-17-28)13-12-25-18-21-6-2-4-20-5-3-7-22(19-30-25)26(20)21/h2,6,8-11,18,22,25H,3-5,7,12-17,19H2,1H3. The summed E-state index contributed by atoms with van der Waals surface area (Å²) in [7, 11) is 1.72. The van der Waals surface area contributed by atoms with Gasteiger partial charge in [0, 0.05) is 44.3 Å². The summed E-state index contributed by atoms with van der Waals surface area (Å²) in [4.78, 5) is 5.08. The van der Waals surface area contributed by atoms with Crippen LogP contribution in [0.25, 0.3) is 0 Å². The van der Waals surface area contributed by atoms with Crippen molar-refractivity contribution in [1.29, 1.82) is 0 Å². The van der Waals surface area contributed by atoms with Gasteiger partial charge >= 0.3 is 0 Å². The van der Waals surface area contributed by atoms with Crippen molar-refractivity contribution in [3.8, 4) is 5.75 Å². The predicted octanol–water partition coefficient (Wildman–Crippen LogP) is 4.59. The van der Waals surface area contributed by atoms with Gasteiger partial charge in [-0.1, -0.05) is 17.7 Å². The van der Waals surface area contributed by atoms with E-state index >= 15 is 0 Å². The second kappa shape index (κ2) is 8.99. The molecule has 2 aliphatic heterocycles. The lowest BCUT2D eigenvalue weighted by Gasteiger charge is -2.36. The number of benzene rings is 1. The number of hydrogen-bond donors (Lipinski definition) is 0. The van der Waals surface area contributed by atoms with Crippen molar-refractivity contribution < 1.29 is 9.47 Å². The van der Waals surface area contributed by atoms with E-state index in [0.717, 1.165) is 57.9 Å². The summed E-state index contributed by atoms with van der Waals surface area (Å²) in [5, 5.41) is 0. The number of methoxy groups -OCH3 is 1. The van der Waals surface area contributed by atoms with Gasteiger partial charge in [-0.3, -0.25) is 4.90 Å². The SMILES string of the molecule is COc1ccc(N2CCN(CCC3C=C4C=CCC5=C4C(CCC5)CO3)CC2)cc1. The fraction of sp³-hybridized carbons (Fsp3) is 0.538. The molecule has 0 radical (unpaired) electrons. The van der Waals surface area contributed by atoms with Gasteiger partial charge in [-0.15, -0.1) is 0 Å². The van der Waals surface area contributed by atoms with E-state index in [2.05, 4.69) is 52.3 Å². The molecule has 1 aromatic carbocycles. The highest BCUT2D eigenvalue weighted by Gasteiger charge is 2.30. The summed E-state index contributed by atoms with van der Waals surface area (Å²) in [5.41, 5.74) is 6.08. The minimum absolute atomic E-state index is 0.252. The molecule has 0 bridgehead atoms. The zero-order valence-corrected chi connectivity index (χ0v) is 18.2. The van der Waals surface area contributed by atoms with Crippen LogP contribution in [0.2, 0.25) is 0 Å². The molecule has 0 saturated carbocycles. The van der Waals surface area contributed by atoms with Gasteiger partial charge in [0.15, 0.2) is 0 Å². The molecule has 4 nitrogen and oxygen atoms in total. The number of hydrogen-bond acceptors (Lipinski definition) is 4. The topological polar surface area (TPSA) is 24.9 Å². The molecule has 1 saturated heterocycles. The van der Waals surface area contributed by atoms with Gasteiger partial charge < -0.3 is 14.4 Å². The summed E-state index contributed by atoms with van der Waals surface area (Å²) >= 11 is 0. The Labute approximate surface area is 180 Å². The van der Waals surface area contributed by atoms with Crippen molar-refractivity contribution in [2.75, 3.05) is 51.3 Å². The van der Waals surface area contributed by atoms with E-state index in [1.807, 2.05) is 0 Å². The van der Waals surface area contributed by atoms with Crippen LogP contribution in [0.15, 0.2) is 59.2 Å². The average Bonchev–Trinajstić information content (AvgIpc) is 2.99. The van der Waals surface area contributed by atoms with E-state index in [1.54, 1.807) is 18.3 Å². The highest BCUT2D eigenvalue weighted by atomic mass is 16.5. The first-order chi connectivity index (χ1) is 14.8. The van der Waals surface area contributed by atoms with E-state index < -0.39 is 0 Å². The van der Waals surface area contributed by atoms with Crippen molar-refractivity contribution >= 4 is 5.69 Å². The van der Waals surface area contributed by atoms with Crippen molar-refractivity contribution in [3.63, 3.8) is 0 Å². The minimum Gasteiger partial charge on any atom is -0.497 e. The number of anilines is 1. The number of piperazine rings is 1. The zero-order valence-electron chi connectivity index (χ0n) is 18.2. The second-order valence-electron chi connectivity index (χ2n) is 9.02. The van der Waals surface area contributed by atoms with Crippen LogP contribution in [0.5, 0.6) is 5.75 Å². The molecule has 0 amide bonds. The molecule has 0 aromatic heterocycles. The van der Waals surface area contributed by atoms with Crippen LogP contribution in [-0.4, -0.2) is 57.4 Å². The largest absolute Gasteiger partial charge is 0.497 e. The van der Waals surface area contributed by atoms with Crippen LogP contribution in [0.3, 0.4) is 0 Å². The molecule has 2 aliphatic carbocycles. The average molecular weight is 407 g/mol. The molecule has 2 atom stereocenters. The number of ether oxygens (including phenoxy) is 2. The van der Waals surface area contributed by atoms with Crippen LogP contribution in [0.4, 0.5) is 5.69 Å². The third-order valence-corrected chi connectivity index (χ3v) is 7.21. The van der Waals surface area contributed by atoms with E-state index in [1.165, 1.54) is 30.5 Å². The minimum atomic E-state index is 0.252. The van der Waals surface area contributed by atoms with Crippen LogP contribution >= 0.6 is 0 Å². The van der Waals surface area contributed by atoms with Crippen molar-refractivity contribution in [2.24, 2.45) is 5.92 Å². The summed E-state index contributed by atoms with van der Waals surface area (Å²) in [6.45, 7) is 6.42. The Kier molecular flexibility index (Phi) is 5.96. The molecule has 5 rings (SSSR count). The maximum atomic E-state index is 6.39. The van der Waals surface area contributed by atoms with Crippen molar-refractivity contribution in [3.05, 3.63) is 59.2 Å². The fourth-order valence-electron chi connectivity index (χ4n) is 5.50. The third kappa shape index (κ3) is 4.21. The Hall–Kier alpha value is -2.04. The van der Waals surface area contributed by atoms with Gasteiger partial charge in [-0.2, -0.15) is 0 Å². The van der Waals surface area contributed by atoms with Gasteiger partial charge in [0.2, 0.25) is 0 Å². The maximum Gasteiger partial charge on any atom is 0.119 e. The summed E-state index contributed by atoms with van der Waals surface area (Å²) < 4.78 is 11.7. The molecular formula is C26H34N2O2. The molecule has 0 spiro atoms. The summed E-state index contributed by atoms with van der Waals surface area (Å²) in [5.74, 6) is 1.55. The Morgan fingerprint density at radius 2 is 1.93 bits per heavy atom. The lowest BCUT2D eigenvalue weighted by molar-refractivity contribution is 0.0535. The van der Waals surface area contributed by atoms with Crippen LogP contribution in [-0.2, 0) is 4.74 Å². The lowest BCUT2D eigenvalue weighted by atomic mass is 9.76. The highest BCUT2D eigenvalue weighted by molar-refractivity contribution is 5.50. The Bertz CT molecular complexity index is 831. The monoisotopic (exact) mass is 406 g/mol. The first-order valence-corrected chi connectivity index (χ1v) is 11.6. The number of nitrogens with zero attached hydrogens (tertiary/aromatic N) is 2. The molecule has 2 unspecified atom stereocenters. The van der Waals surface area contributed by atoms with Crippen LogP contribution in [0, 0.1) is 5.92 Å². The molecule has 160 valence electrons. The maximum absolute atomic E-state index is 6.39. The van der Waals surface area contributed by atoms with Gasteiger partial charge in [0.05, 0.1) is 19.8 Å². The molecule has 0 N–H and O–H groups in total. The lowest BCUT2D eigenvalue weighted by Crippen LogP contribution is -2.47. The number of rotatable bonds is 5. The first kappa shape index (κ1) is 19.9. The molecule has 30 heavy (non-hydrogen) atoms. The quantitative estimate of drug-likeness (QED) is 0.714. The highest BCUT2D eigenvalue weighted by Crippen LogP contribution is 2.41. The first-order valence-electron chi connectivity index (χ1n) is 11.6. The van der Waals surface area contributed by atoms with Crippen LogP contribution < -0.4 is 9.64 Å². The van der Waals surface area contributed by atoms with E-state index in [4.69, 9.17) is 9.47 Å². The Balaban J connectivity index is 1.15. The number of allylic oxidation sites excluding steroid dienone is 4. The van der Waals surface area contributed by atoms with Crippen molar-refractivity contribution in [2.45, 2.75) is 38.2 Å². The molecule has 1 aromatic rings. The summed E-state index contributed by atoms with van der Waals surface area (Å²) in [6, 6.07) is 8.44. The fourth-order valence-corrected chi connectivity index (χ4v) is 5.50. The van der Waals surface area contributed by atoms with Gasteiger partial charge in [0.25, 0.3) is 0 Å². The predicted molar refractivity (Wildman–Crippen MR) is 122 cm³/mol. The van der Waals surface area contributed by atoms with E-state index in [9.17, 15) is 0 Å². The third-order valence-electron chi connectivity index (χ3n) is 7.21. The Morgan fingerprint density at radius 1 is 1.10 bits per heavy atom. The normalized spacial score (nSPS) is 26.8. The molecule has 4 heteroatoms. The molecule has 2 heterocycles. The molecule has 1 fully saturated rings. The van der Waals surface area contributed by atoms with Crippen molar-refractivity contribution in [1.82, 2.24) is 4.90 Å². The summed E-state index contributed by atoms with van der Waals surface area (Å²) in [6.07, 6.45) is 13.5. The van der Waals surface area contributed by atoms with E-state index in [0.29, 0.717) is 5.92 Å². The van der Waals surface area contributed by atoms with Gasteiger partial charge in [0.1, 0.15) is 5.75 Å². The van der Waals surface area contributed by atoms with Crippen LogP contribution in [0.1, 0.15) is 32.1 Å². The second-order valence-corrected chi connectivity index (χ2v) is 9.02. The van der Waals surface area contributed by atoms with Gasteiger partial charge in [-0.25, -0.2) is 0 Å². The van der Waals surface area contributed by atoms with Gasteiger partial charge in [-0.05, 0) is 73.6 Å². The zero-order chi connectivity index (χ0) is 20.3. The molecular weight excluding hydrogens is 372 g/mol. The van der Waals surface area contributed by atoms with E-state index in [-0.39, 0.29) is 6.10 Å². The smallest absolute Gasteiger partial charge is 0.119 e. The Morgan fingerprint density at radius 3 is 2.73 bits per heavy atom. The molecule has 4 aliphatic rings.